The summed E-state index contributed by atoms with van der Waals surface area (Å²) in [6, 6.07) is 7.33. The van der Waals surface area contributed by atoms with Gasteiger partial charge in [-0.25, -0.2) is 4.79 Å². The highest BCUT2D eigenvalue weighted by Crippen LogP contribution is 2.19. The molecule has 0 aliphatic carbocycles. The molecule has 0 saturated heterocycles. The molecule has 0 radical (unpaired) electrons. The summed E-state index contributed by atoms with van der Waals surface area (Å²) in [4.78, 5) is 11.7. The molecule has 2 aromatic rings. The van der Waals surface area contributed by atoms with Crippen molar-refractivity contribution in [2.45, 2.75) is 13.8 Å². The zero-order valence-electron chi connectivity index (χ0n) is 10.4. The van der Waals surface area contributed by atoms with E-state index in [0.717, 1.165) is 16.5 Å². The van der Waals surface area contributed by atoms with Gasteiger partial charge in [-0.1, -0.05) is 5.92 Å². The zero-order valence-corrected chi connectivity index (χ0v) is 10.4. The summed E-state index contributed by atoms with van der Waals surface area (Å²) in [6.07, 6.45) is 0. The Labute approximate surface area is 105 Å². The molecule has 0 aliphatic heterocycles. The van der Waals surface area contributed by atoms with E-state index in [4.69, 9.17) is 10.6 Å². The van der Waals surface area contributed by atoms with Gasteiger partial charge in [-0.3, -0.25) is 4.68 Å². The quantitative estimate of drug-likeness (QED) is 0.497. The minimum Gasteiger partial charge on any atom is -0.461 e. The molecule has 0 unspecified atom stereocenters. The minimum absolute atomic E-state index is 0.326. The number of aromatic nitrogens is 1. The standard InChI is InChI=1S/C14H14N2O2/c1-3-5-10-6-7-12-11(8-10)9-13(16(12)15)14(17)18-4-2/h6-9H,4,15H2,1-2H3. The molecule has 1 aromatic carbocycles. The van der Waals surface area contributed by atoms with Crippen LogP contribution in [0.25, 0.3) is 10.9 Å². The second-order valence-electron chi connectivity index (χ2n) is 3.77. The lowest BCUT2D eigenvalue weighted by Crippen LogP contribution is -2.17. The van der Waals surface area contributed by atoms with Crippen molar-refractivity contribution in [3.63, 3.8) is 0 Å². The van der Waals surface area contributed by atoms with Crippen LogP contribution in [-0.2, 0) is 4.74 Å². The van der Waals surface area contributed by atoms with Crippen LogP contribution < -0.4 is 5.84 Å². The van der Waals surface area contributed by atoms with Crippen LogP contribution in [0.3, 0.4) is 0 Å². The molecule has 1 heterocycles. The second kappa shape index (κ2) is 4.84. The van der Waals surface area contributed by atoms with Gasteiger partial charge in [0, 0.05) is 10.9 Å². The van der Waals surface area contributed by atoms with Crippen molar-refractivity contribution < 1.29 is 9.53 Å². The largest absolute Gasteiger partial charge is 0.461 e. The van der Waals surface area contributed by atoms with E-state index in [1.807, 2.05) is 18.2 Å². The summed E-state index contributed by atoms with van der Waals surface area (Å²) in [7, 11) is 0. The van der Waals surface area contributed by atoms with Gasteiger partial charge in [0.25, 0.3) is 0 Å². The summed E-state index contributed by atoms with van der Waals surface area (Å²) in [6.45, 7) is 3.87. The topological polar surface area (TPSA) is 57.2 Å². The second-order valence-corrected chi connectivity index (χ2v) is 3.77. The van der Waals surface area contributed by atoms with Crippen molar-refractivity contribution in [1.29, 1.82) is 0 Å². The van der Waals surface area contributed by atoms with Gasteiger partial charge in [0.05, 0.1) is 12.1 Å². The van der Waals surface area contributed by atoms with E-state index in [1.165, 1.54) is 4.68 Å². The van der Waals surface area contributed by atoms with Crippen molar-refractivity contribution in [1.82, 2.24) is 4.68 Å². The Kier molecular flexibility index (Phi) is 3.24. The third-order valence-corrected chi connectivity index (χ3v) is 2.59. The lowest BCUT2D eigenvalue weighted by atomic mass is 10.1. The highest BCUT2D eigenvalue weighted by Gasteiger charge is 2.14. The monoisotopic (exact) mass is 242 g/mol. The maximum absolute atomic E-state index is 11.7. The van der Waals surface area contributed by atoms with Gasteiger partial charge in [-0.05, 0) is 38.1 Å². The summed E-state index contributed by atoms with van der Waals surface area (Å²) >= 11 is 0. The van der Waals surface area contributed by atoms with Crippen molar-refractivity contribution in [2.75, 3.05) is 12.4 Å². The number of hydrogen-bond acceptors (Lipinski definition) is 3. The molecular weight excluding hydrogens is 228 g/mol. The SMILES string of the molecule is CC#Cc1ccc2c(c1)cc(C(=O)OCC)n2N. The maximum atomic E-state index is 11.7. The minimum atomic E-state index is -0.417. The number of benzene rings is 1. The molecule has 4 nitrogen and oxygen atoms in total. The van der Waals surface area contributed by atoms with Crippen LogP contribution in [0.1, 0.15) is 29.9 Å². The Balaban J connectivity index is 2.54. The Morgan fingerprint density at radius 3 is 2.89 bits per heavy atom. The Hall–Kier alpha value is -2.41. The predicted molar refractivity (Wildman–Crippen MR) is 70.6 cm³/mol. The van der Waals surface area contributed by atoms with Crippen LogP contribution in [-0.4, -0.2) is 17.3 Å². The highest BCUT2D eigenvalue weighted by atomic mass is 16.5. The van der Waals surface area contributed by atoms with Gasteiger partial charge in [0.2, 0.25) is 0 Å². The number of rotatable bonds is 2. The van der Waals surface area contributed by atoms with Gasteiger partial charge in [-0.2, -0.15) is 0 Å². The summed E-state index contributed by atoms with van der Waals surface area (Å²) in [5.41, 5.74) is 2.01. The average molecular weight is 242 g/mol. The Bertz CT molecular complexity index is 659. The molecule has 0 atom stereocenters. The number of nitrogen functional groups attached to an aromatic ring is 1. The van der Waals surface area contributed by atoms with E-state index in [-0.39, 0.29) is 0 Å². The van der Waals surface area contributed by atoms with Crippen LogP contribution in [0.15, 0.2) is 24.3 Å². The van der Waals surface area contributed by atoms with Gasteiger partial charge in [-0.15, -0.1) is 5.92 Å². The van der Waals surface area contributed by atoms with Crippen LogP contribution >= 0.6 is 0 Å². The van der Waals surface area contributed by atoms with Crippen molar-refractivity contribution in [3.8, 4) is 11.8 Å². The van der Waals surface area contributed by atoms with Gasteiger partial charge >= 0.3 is 5.97 Å². The molecule has 4 heteroatoms. The van der Waals surface area contributed by atoms with E-state index < -0.39 is 5.97 Å². The van der Waals surface area contributed by atoms with Crippen molar-refractivity contribution in [3.05, 3.63) is 35.5 Å². The molecule has 2 rings (SSSR count). The average Bonchev–Trinajstić information content (AvgIpc) is 2.67. The number of carbonyl (C=O) groups excluding carboxylic acids is 1. The summed E-state index contributed by atoms with van der Waals surface area (Å²) < 4.78 is 6.29. The van der Waals surface area contributed by atoms with E-state index in [9.17, 15) is 4.79 Å². The normalized spacial score (nSPS) is 9.89. The first-order valence-electron chi connectivity index (χ1n) is 5.67. The first-order chi connectivity index (χ1) is 8.67. The fourth-order valence-electron chi connectivity index (χ4n) is 1.82. The fraction of sp³-hybridized carbons (Fsp3) is 0.214. The van der Waals surface area contributed by atoms with Gasteiger partial charge in [0.15, 0.2) is 0 Å². The Morgan fingerprint density at radius 2 is 2.22 bits per heavy atom. The summed E-state index contributed by atoms with van der Waals surface area (Å²) in [5, 5.41) is 0.876. The third kappa shape index (κ3) is 2.03. The molecule has 92 valence electrons. The number of hydrogen-bond donors (Lipinski definition) is 1. The molecule has 0 amide bonds. The Morgan fingerprint density at radius 1 is 1.44 bits per heavy atom. The third-order valence-electron chi connectivity index (χ3n) is 2.59. The molecule has 2 N–H and O–H groups in total. The smallest absolute Gasteiger partial charge is 0.356 e. The first kappa shape index (κ1) is 12.1. The summed E-state index contributed by atoms with van der Waals surface area (Å²) in [5.74, 6) is 11.3. The van der Waals surface area contributed by atoms with E-state index in [0.29, 0.717) is 12.3 Å². The molecule has 0 spiro atoms. The molecule has 1 aromatic heterocycles. The fourth-order valence-corrected chi connectivity index (χ4v) is 1.82. The van der Waals surface area contributed by atoms with Crippen LogP contribution in [0.5, 0.6) is 0 Å². The number of ether oxygens (including phenoxy) is 1. The molecule has 0 aliphatic rings. The molecule has 0 bridgehead atoms. The molecule has 18 heavy (non-hydrogen) atoms. The van der Waals surface area contributed by atoms with Crippen LogP contribution in [0, 0.1) is 11.8 Å². The van der Waals surface area contributed by atoms with Gasteiger partial charge in [0.1, 0.15) is 5.69 Å². The van der Waals surface area contributed by atoms with E-state index in [2.05, 4.69) is 11.8 Å². The number of carbonyl (C=O) groups is 1. The van der Waals surface area contributed by atoms with Crippen molar-refractivity contribution >= 4 is 16.9 Å². The highest BCUT2D eigenvalue weighted by molar-refractivity contribution is 5.96. The zero-order chi connectivity index (χ0) is 13.1. The lowest BCUT2D eigenvalue weighted by molar-refractivity contribution is 0.0517. The number of nitrogens with zero attached hydrogens (tertiary/aromatic N) is 1. The molecular formula is C14H14N2O2. The lowest BCUT2D eigenvalue weighted by Gasteiger charge is -2.03. The number of fused-ring (bicyclic) bond motifs is 1. The van der Waals surface area contributed by atoms with E-state index >= 15 is 0 Å². The van der Waals surface area contributed by atoms with Gasteiger partial charge < -0.3 is 10.6 Å². The number of esters is 1. The van der Waals surface area contributed by atoms with Crippen molar-refractivity contribution in [2.24, 2.45) is 0 Å². The van der Waals surface area contributed by atoms with E-state index in [1.54, 1.807) is 19.9 Å². The first-order valence-corrected chi connectivity index (χ1v) is 5.67. The van der Waals surface area contributed by atoms with Crippen LogP contribution in [0.4, 0.5) is 0 Å². The predicted octanol–water partition coefficient (Wildman–Crippen LogP) is 1.90. The number of nitrogens with two attached hydrogens (primary N) is 1. The molecule has 0 fully saturated rings. The molecule has 0 saturated carbocycles. The maximum Gasteiger partial charge on any atom is 0.356 e. The van der Waals surface area contributed by atoms with Crippen LogP contribution in [0.2, 0.25) is 0 Å².